The summed E-state index contributed by atoms with van der Waals surface area (Å²) < 4.78 is 6.79. The van der Waals surface area contributed by atoms with Crippen LogP contribution in [0.3, 0.4) is 0 Å². The van der Waals surface area contributed by atoms with Crippen molar-refractivity contribution in [2.24, 2.45) is 0 Å². The van der Waals surface area contributed by atoms with Crippen LogP contribution in [0, 0.1) is 12.3 Å². The van der Waals surface area contributed by atoms with Crippen LogP contribution in [0.1, 0.15) is 6.23 Å². The van der Waals surface area contributed by atoms with E-state index in [-0.39, 0.29) is 16.9 Å². The Morgan fingerprint density at radius 1 is 1.52 bits per heavy atom. The molecule has 3 heterocycles. The van der Waals surface area contributed by atoms with E-state index in [2.05, 4.69) is 9.97 Å². The Balaban J connectivity index is 2.20. The minimum atomic E-state index is -2.08. The van der Waals surface area contributed by atoms with Crippen molar-refractivity contribution in [3.63, 3.8) is 0 Å². The number of aliphatic hydroxyl groups excluding tert-OH is 2. The molecule has 1 aliphatic rings. The van der Waals surface area contributed by atoms with Gasteiger partial charge in [0.25, 0.3) is 0 Å². The third-order valence-electron chi connectivity index (χ3n) is 3.92. The minimum Gasteiger partial charge on any atom is -0.394 e. The molecule has 9 nitrogen and oxygen atoms in total. The summed E-state index contributed by atoms with van der Waals surface area (Å²) in [6, 6.07) is 1.21. The van der Waals surface area contributed by atoms with Crippen LogP contribution >= 0.6 is 0 Å². The molecule has 0 bridgehead atoms. The van der Waals surface area contributed by atoms with Crippen molar-refractivity contribution in [1.29, 1.82) is 0 Å². The highest BCUT2D eigenvalue weighted by molar-refractivity contribution is 5.84. The molecule has 0 unspecified atom stereocenters. The Kier molecular flexibility index (Phi) is 3.54. The second-order valence-corrected chi connectivity index (χ2v) is 5.16. The number of anilines is 1. The molecular formula is C14H14N4O5. The normalized spacial score (nSPS) is 30.4. The fourth-order valence-corrected chi connectivity index (χ4v) is 2.66. The van der Waals surface area contributed by atoms with E-state index in [9.17, 15) is 20.1 Å². The van der Waals surface area contributed by atoms with Gasteiger partial charge >= 0.3 is 0 Å². The first-order valence-electron chi connectivity index (χ1n) is 6.70. The van der Waals surface area contributed by atoms with Crippen molar-refractivity contribution >= 4 is 16.9 Å². The number of nitrogens with zero attached hydrogens (tertiary/aromatic N) is 3. The van der Waals surface area contributed by atoms with Crippen LogP contribution in [0.5, 0.6) is 0 Å². The summed E-state index contributed by atoms with van der Waals surface area (Å²) in [4.78, 5) is 19.7. The van der Waals surface area contributed by atoms with E-state index in [1.54, 1.807) is 0 Å². The number of fused-ring (bicyclic) bond motifs is 1. The van der Waals surface area contributed by atoms with E-state index in [0.717, 1.165) is 6.33 Å². The van der Waals surface area contributed by atoms with Crippen LogP contribution in [0.4, 0.5) is 5.82 Å². The van der Waals surface area contributed by atoms with Crippen LogP contribution in [-0.2, 0) is 4.74 Å². The van der Waals surface area contributed by atoms with Crippen LogP contribution in [-0.4, -0.2) is 54.3 Å². The largest absolute Gasteiger partial charge is 0.394 e. The number of ether oxygens (including phenoxy) is 1. The molecule has 1 fully saturated rings. The van der Waals surface area contributed by atoms with Gasteiger partial charge in [0.1, 0.15) is 29.7 Å². The molecule has 23 heavy (non-hydrogen) atoms. The minimum absolute atomic E-state index is 0.0206. The SMILES string of the molecule is C#C[C@]1(O)[C@@H](CO)O[C@@H](n2ccc(=O)c3c(N)ncnc32)[C@@H]1O. The van der Waals surface area contributed by atoms with E-state index >= 15 is 0 Å². The molecule has 4 atom stereocenters. The number of hydrogen-bond donors (Lipinski definition) is 4. The highest BCUT2D eigenvalue weighted by atomic mass is 16.6. The lowest BCUT2D eigenvalue weighted by molar-refractivity contribution is -0.0605. The number of terminal acetylenes is 1. The average molecular weight is 318 g/mol. The lowest BCUT2D eigenvalue weighted by Crippen LogP contribution is -2.47. The average Bonchev–Trinajstić information content (AvgIpc) is 2.80. The molecule has 120 valence electrons. The third kappa shape index (κ3) is 2.08. The molecule has 0 saturated carbocycles. The van der Waals surface area contributed by atoms with Gasteiger partial charge in [0, 0.05) is 12.3 Å². The van der Waals surface area contributed by atoms with E-state index in [1.165, 1.54) is 16.8 Å². The van der Waals surface area contributed by atoms with Crippen molar-refractivity contribution in [1.82, 2.24) is 14.5 Å². The summed E-state index contributed by atoms with van der Waals surface area (Å²) >= 11 is 0. The summed E-state index contributed by atoms with van der Waals surface area (Å²) in [5.74, 6) is 2.03. The fraction of sp³-hybridized carbons (Fsp3) is 0.357. The molecular weight excluding hydrogens is 304 g/mol. The molecule has 3 rings (SSSR count). The number of nitrogen functional groups attached to an aromatic ring is 1. The van der Waals surface area contributed by atoms with Gasteiger partial charge < -0.3 is 30.4 Å². The van der Waals surface area contributed by atoms with Crippen LogP contribution in [0.2, 0.25) is 0 Å². The zero-order chi connectivity index (χ0) is 16.8. The predicted octanol–water partition coefficient (Wildman–Crippen LogP) is -2.01. The van der Waals surface area contributed by atoms with E-state index in [0.29, 0.717) is 0 Å². The van der Waals surface area contributed by atoms with Gasteiger partial charge in [-0.2, -0.15) is 0 Å². The molecule has 0 amide bonds. The summed E-state index contributed by atoms with van der Waals surface area (Å²) in [5.41, 5.74) is 3.35. The van der Waals surface area contributed by atoms with Gasteiger partial charge in [0.15, 0.2) is 22.9 Å². The van der Waals surface area contributed by atoms with Crippen LogP contribution in [0.25, 0.3) is 11.0 Å². The summed E-state index contributed by atoms with van der Waals surface area (Å²) in [6.07, 6.45) is 3.86. The van der Waals surface area contributed by atoms with Gasteiger partial charge in [-0.15, -0.1) is 6.42 Å². The second kappa shape index (κ2) is 5.29. The Morgan fingerprint density at radius 2 is 2.26 bits per heavy atom. The Morgan fingerprint density at radius 3 is 2.87 bits per heavy atom. The van der Waals surface area contributed by atoms with Crippen molar-refractivity contribution in [3.05, 3.63) is 28.8 Å². The molecule has 9 heteroatoms. The predicted molar refractivity (Wildman–Crippen MR) is 79.0 cm³/mol. The van der Waals surface area contributed by atoms with Gasteiger partial charge in [-0.3, -0.25) is 4.79 Å². The summed E-state index contributed by atoms with van der Waals surface area (Å²) in [7, 11) is 0. The maximum Gasteiger partial charge on any atom is 0.194 e. The monoisotopic (exact) mass is 318 g/mol. The smallest absolute Gasteiger partial charge is 0.194 e. The first-order valence-corrected chi connectivity index (χ1v) is 6.70. The van der Waals surface area contributed by atoms with Crippen molar-refractivity contribution in [3.8, 4) is 12.3 Å². The highest BCUT2D eigenvalue weighted by Crippen LogP contribution is 2.37. The number of aromatic nitrogens is 3. The molecule has 1 saturated heterocycles. The van der Waals surface area contributed by atoms with E-state index < -0.39 is 36.1 Å². The highest BCUT2D eigenvalue weighted by Gasteiger charge is 2.55. The Hall–Kier alpha value is -2.51. The molecule has 0 radical (unpaired) electrons. The Bertz CT molecular complexity index is 860. The van der Waals surface area contributed by atoms with Gasteiger partial charge in [-0.25, -0.2) is 9.97 Å². The van der Waals surface area contributed by atoms with E-state index in [4.69, 9.17) is 16.9 Å². The molecule has 0 aliphatic carbocycles. The Labute approximate surface area is 130 Å². The van der Waals surface area contributed by atoms with Crippen molar-refractivity contribution < 1.29 is 20.1 Å². The van der Waals surface area contributed by atoms with Gasteiger partial charge in [-0.05, 0) is 0 Å². The fourth-order valence-electron chi connectivity index (χ4n) is 2.66. The van der Waals surface area contributed by atoms with Crippen molar-refractivity contribution in [2.75, 3.05) is 12.3 Å². The molecule has 2 aromatic rings. The van der Waals surface area contributed by atoms with Crippen LogP contribution < -0.4 is 11.2 Å². The van der Waals surface area contributed by atoms with Crippen LogP contribution in [0.15, 0.2) is 23.4 Å². The maximum atomic E-state index is 12.0. The topological polar surface area (TPSA) is 144 Å². The second-order valence-electron chi connectivity index (χ2n) is 5.16. The van der Waals surface area contributed by atoms with Gasteiger partial charge in [0.05, 0.1) is 6.61 Å². The third-order valence-corrected chi connectivity index (χ3v) is 3.92. The molecule has 5 N–H and O–H groups in total. The van der Waals surface area contributed by atoms with E-state index in [1.807, 2.05) is 5.92 Å². The zero-order valence-corrected chi connectivity index (χ0v) is 11.8. The number of hydrogen-bond acceptors (Lipinski definition) is 8. The molecule has 0 aromatic carbocycles. The molecule has 1 aliphatic heterocycles. The quantitative estimate of drug-likeness (QED) is 0.465. The zero-order valence-electron chi connectivity index (χ0n) is 11.8. The van der Waals surface area contributed by atoms with Crippen molar-refractivity contribution in [2.45, 2.75) is 24.0 Å². The first-order chi connectivity index (χ1) is 10.9. The first kappa shape index (κ1) is 15.4. The number of rotatable bonds is 2. The lowest BCUT2D eigenvalue weighted by atomic mass is 9.93. The number of pyridine rings is 1. The molecule has 0 spiro atoms. The molecule has 2 aromatic heterocycles. The maximum absolute atomic E-state index is 12.0. The lowest BCUT2D eigenvalue weighted by Gasteiger charge is -2.24. The van der Waals surface area contributed by atoms with Gasteiger partial charge in [-0.1, -0.05) is 5.92 Å². The number of nitrogens with two attached hydrogens (primary N) is 1. The summed E-state index contributed by atoms with van der Waals surface area (Å²) in [6.45, 7) is -0.594. The standard InChI is InChI=1S/C14H14N4O5/c1-2-14(22)8(5-19)23-13(10(14)21)18-4-3-7(20)9-11(15)16-6-17-12(9)18/h1,3-4,6,8,10,13,19,21-22H,5H2,(H2,15,16,17)/t8-,10+,13-,14+/m1/s1. The summed E-state index contributed by atoms with van der Waals surface area (Å²) in [5, 5.41) is 30.1. The van der Waals surface area contributed by atoms with Gasteiger partial charge in [0.2, 0.25) is 0 Å². The number of aliphatic hydroxyl groups is 3.